The summed E-state index contributed by atoms with van der Waals surface area (Å²) < 4.78 is 37.9. The van der Waals surface area contributed by atoms with Gasteiger partial charge in [0.15, 0.2) is 5.76 Å². The van der Waals surface area contributed by atoms with Gasteiger partial charge in [0.1, 0.15) is 16.3 Å². The van der Waals surface area contributed by atoms with Gasteiger partial charge in [0.25, 0.3) is 0 Å². The van der Waals surface area contributed by atoms with Crippen molar-refractivity contribution in [1.29, 1.82) is 0 Å². The third kappa shape index (κ3) is 4.54. The van der Waals surface area contributed by atoms with Crippen molar-refractivity contribution in [3.8, 4) is 5.75 Å². The molecule has 29 heavy (non-hydrogen) atoms. The lowest BCUT2D eigenvalue weighted by molar-refractivity contribution is -0.132. The molecule has 0 bridgehead atoms. The summed E-state index contributed by atoms with van der Waals surface area (Å²) in [6.45, 7) is 6.95. The Morgan fingerprint density at radius 1 is 1.24 bits per heavy atom. The first kappa shape index (κ1) is 21.1. The quantitative estimate of drug-likeness (QED) is 0.748. The van der Waals surface area contributed by atoms with Crippen LogP contribution in [0, 0.1) is 13.8 Å². The average molecular weight is 423 g/mol. The molecule has 2 aromatic rings. The summed E-state index contributed by atoms with van der Waals surface area (Å²) in [5, 5.41) is 3.67. The van der Waals surface area contributed by atoms with Gasteiger partial charge in [0, 0.05) is 37.9 Å². The number of nitrogens with zero attached hydrogens (tertiary/aromatic N) is 3. The molecule has 9 nitrogen and oxygen atoms in total. The first-order chi connectivity index (χ1) is 13.7. The Labute approximate surface area is 170 Å². The first-order valence-electron chi connectivity index (χ1n) is 9.36. The number of nitrogens with one attached hydrogen (secondary N) is 1. The molecular weight excluding hydrogens is 396 g/mol. The Balaban J connectivity index is 1.61. The number of anilines is 1. The Kier molecular flexibility index (Phi) is 6.13. The normalized spacial score (nSPS) is 16.0. The van der Waals surface area contributed by atoms with Crippen LogP contribution < -0.4 is 14.4 Å². The largest absolute Gasteiger partial charge is 0.497 e. The highest BCUT2D eigenvalue weighted by Crippen LogP contribution is 2.23. The minimum absolute atomic E-state index is 0.0139. The van der Waals surface area contributed by atoms with E-state index in [0.29, 0.717) is 26.2 Å². The number of aryl methyl sites for hydroxylation is 2. The third-order valence-electron chi connectivity index (χ3n) is 4.95. The van der Waals surface area contributed by atoms with Crippen LogP contribution in [0.25, 0.3) is 0 Å². The van der Waals surface area contributed by atoms with Crippen molar-refractivity contribution in [2.45, 2.75) is 31.7 Å². The molecule has 1 aromatic carbocycles. The van der Waals surface area contributed by atoms with Crippen LogP contribution in [0.4, 0.5) is 5.69 Å². The SMILES string of the molecule is COc1cccc(N2CCN(C(=O)[C@H](C)NS(=O)(=O)c3c(C)noc3C)CC2)c1. The van der Waals surface area contributed by atoms with Crippen LogP contribution in [0.2, 0.25) is 0 Å². The molecule has 0 saturated carbocycles. The van der Waals surface area contributed by atoms with E-state index in [4.69, 9.17) is 9.26 Å². The topological polar surface area (TPSA) is 105 Å². The van der Waals surface area contributed by atoms with Crippen LogP contribution in [0.15, 0.2) is 33.7 Å². The fraction of sp³-hybridized carbons (Fsp3) is 0.474. The van der Waals surface area contributed by atoms with Gasteiger partial charge in [0.05, 0.1) is 13.2 Å². The zero-order valence-corrected chi connectivity index (χ0v) is 17.8. The summed E-state index contributed by atoms with van der Waals surface area (Å²) in [5.41, 5.74) is 1.30. The van der Waals surface area contributed by atoms with E-state index < -0.39 is 16.1 Å². The lowest BCUT2D eigenvalue weighted by Crippen LogP contribution is -2.54. The van der Waals surface area contributed by atoms with Crippen LogP contribution in [0.3, 0.4) is 0 Å². The van der Waals surface area contributed by atoms with Gasteiger partial charge in [0.2, 0.25) is 15.9 Å². The van der Waals surface area contributed by atoms with Crippen LogP contribution in [0.1, 0.15) is 18.4 Å². The van der Waals surface area contributed by atoms with E-state index in [9.17, 15) is 13.2 Å². The Hall–Kier alpha value is -2.59. The number of rotatable bonds is 6. The van der Waals surface area contributed by atoms with Gasteiger partial charge in [-0.1, -0.05) is 11.2 Å². The van der Waals surface area contributed by atoms with E-state index in [1.165, 1.54) is 6.92 Å². The molecule has 1 aromatic heterocycles. The standard InChI is InChI=1S/C19H26N4O5S/c1-13-18(15(3)28-20-13)29(25,26)21-14(2)19(24)23-10-8-22(9-11-23)16-6-5-7-17(12-16)27-4/h5-7,12,14,21H,8-11H2,1-4H3/t14-/m0/s1. The number of carbonyl (C=O) groups excluding carboxylic acids is 1. The molecule has 1 saturated heterocycles. The van der Waals surface area contributed by atoms with Gasteiger partial charge in [-0.15, -0.1) is 0 Å². The third-order valence-corrected chi connectivity index (χ3v) is 6.73. The highest BCUT2D eigenvalue weighted by Gasteiger charge is 2.31. The molecule has 3 rings (SSSR count). The zero-order chi connectivity index (χ0) is 21.2. The smallest absolute Gasteiger partial charge is 0.246 e. The molecule has 0 aliphatic carbocycles. The second kappa shape index (κ2) is 8.42. The maximum absolute atomic E-state index is 12.8. The van der Waals surface area contributed by atoms with E-state index >= 15 is 0 Å². The Bertz CT molecular complexity index is 961. The fourth-order valence-corrected chi connectivity index (χ4v) is 4.99. The predicted molar refractivity (Wildman–Crippen MR) is 108 cm³/mol. The second-order valence-electron chi connectivity index (χ2n) is 7.01. The number of carbonyl (C=O) groups is 1. The Morgan fingerprint density at radius 2 is 1.93 bits per heavy atom. The average Bonchev–Trinajstić information content (AvgIpc) is 3.06. The van der Waals surface area contributed by atoms with Crippen molar-refractivity contribution in [3.63, 3.8) is 0 Å². The predicted octanol–water partition coefficient (Wildman–Crippen LogP) is 1.32. The molecule has 2 heterocycles. The van der Waals surface area contributed by atoms with Crippen molar-refractivity contribution in [2.75, 3.05) is 38.2 Å². The summed E-state index contributed by atoms with van der Waals surface area (Å²) in [5.74, 6) is 0.718. The Morgan fingerprint density at radius 3 is 2.52 bits per heavy atom. The van der Waals surface area contributed by atoms with E-state index in [0.717, 1.165) is 11.4 Å². The van der Waals surface area contributed by atoms with E-state index in [-0.39, 0.29) is 22.3 Å². The highest BCUT2D eigenvalue weighted by atomic mass is 32.2. The molecule has 1 fully saturated rings. The van der Waals surface area contributed by atoms with Crippen molar-refractivity contribution in [2.24, 2.45) is 0 Å². The van der Waals surface area contributed by atoms with E-state index in [1.54, 1.807) is 25.9 Å². The number of benzene rings is 1. The maximum Gasteiger partial charge on any atom is 0.246 e. The minimum Gasteiger partial charge on any atom is -0.497 e. The van der Waals surface area contributed by atoms with Crippen molar-refractivity contribution < 1.29 is 22.5 Å². The molecule has 1 amide bonds. The number of ether oxygens (including phenoxy) is 1. The molecule has 0 unspecified atom stereocenters. The van der Waals surface area contributed by atoms with Crippen molar-refractivity contribution >= 4 is 21.6 Å². The molecule has 1 aliphatic heterocycles. The van der Waals surface area contributed by atoms with Gasteiger partial charge in [-0.25, -0.2) is 8.42 Å². The zero-order valence-electron chi connectivity index (χ0n) is 17.0. The summed E-state index contributed by atoms with van der Waals surface area (Å²) in [6, 6.07) is 6.88. The highest BCUT2D eigenvalue weighted by molar-refractivity contribution is 7.89. The van der Waals surface area contributed by atoms with Gasteiger partial charge >= 0.3 is 0 Å². The number of hydrogen-bond donors (Lipinski definition) is 1. The van der Waals surface area contributed by atoms with Crippen molar-refractivity contribution in [1.82, 2.24) is 14.8 Å². The van der Waals surface area contributed by atoms with Gasteiger partial charge in [-0.2, -0.15) is 4.72 Å². The van der Waals surface area contributed by atoms with Crippen LogP contribution in [-0.4, -0.2) is 63.7 Å². The molecule has 1 aliphatic rings. The second-order valence-corrected chi connectivity index (χ2v) is 8.66. The van der Waals surface area contributed by atoms with Gasteiger partial charge in [-0.3, -0.25) is 4.79 Å². The summed E-state index contributed by atoms with van der Waals surface area (Å²) in [4.78, 5) is 16.6. The number of aromatic nitrogens is 1. The number of piperazine rings is 1. The molecule has 0 spiro atoms. The number of hydrogen-bond acceptors (Lipinski definition) is 7. The molecule has 1 N–H and O–H groups in total. The number of sulfonamides is 1. The lowest BCUT2D eigenvalue weighted by atomic mass is 10.2. The monoisotopic (exact) mass is 422 g/mol. The molecular formula is C19H26N4O5S. The number of methoxy groups -OCH3 is 1. The van der Waals surface area contributed by atoms with Gasteiger partial charge < -0.3 is 19.1 Å². The molecule has 0 radical (unpaired) electrons. The summed E-state index contributed by atoms with van der Waals surface area (Å²) >= 11 is 0. The molecule has 158 valence electrons. The lowest BCUT2D eigenvalue weighted by Gasteiger charge is -2.37. The fourth-order valence-electron chi connectivity index (χ4n) is 3.47. The maximum atomic E-state index is 12.8. The summed E-state index contributed by atoms with van der Waals surface area (Å²) in [6.07, 6.45) is 0. The summed E-state index contributed by atoms with van der Waals surface area (Å²) in [7, 11) is -2.27. The first-order valence-corrected chi connectivity index (χ1v) is 10.8. The van der Waals surface area contributed by atoms with Crippen LogP contribution in [-0.2, 0) is 14.8 Å². The van der Waals surface area contributed by atoms with E-state index in [2.05, 4.69) is 14.8 Å². The molecule has 1 atom stereocenters. The van der Waals surface area contributed by atoms with Crippen molar-refractivity contribution in [3.05, 3.63) is 35.7 Å². The van der Waals surface area contributed by atoms with Crippen LogP contribution >= 0.6 is 0 Å². The van der Waals surface area contributed by atoms with Crippen LogP contribution in [0.5, 0.6) is 5.75 Å². The van der Waals surface area contributed by atoms with Gasteiger partial charge in [-0.05, 0) is 32.9 Å². The number of amides is 1. The molecule has 10 heteroatoms. The van der Waals surface area contributed by atoms with E-state index in [1.807, 2.05) is 24.3 Å². The minimum atomic E-state index is -3.90.